The van der Waals surface area contributed by atoms with Crippen LogP contribution in [0.4, 0.5) is 0 Å². The van der Waals surface area contributed by atoms with E-state index in [1.165, 1.54) is 0 Å². The van der Waals surface area contributed by atoms with Gasteiger partial charge in [-0.2, -0.15) is 0 Å². The lowest BCUT2D eigenvalue weighted by molar-refractivity contribution is -0.142. The van der Waals surface area contributed by atoms with Gasteiger partial charge in [-0.05, 0) is 58.4 Å². The Bertz CT molecular complexity index is 709. The first-order valence-electron chi connectivity index (χ1n) is 12.4. The normalized spacial score (nSPS) is 19.9. The molecule has 1 aliphatic heterocycles. The summed E-state index contributed by atoms with van der Waals surface area (Å²) >= 11 is 0. The third kappa shape index (κ3) is 8.13. The molecule has 0 aromatic heterocycles. The van der Waals surface area contributed by atoms with E-state index in [0.717, 1.165) is 25.8 Å². The fourth-order valence-electron chi connectivity index (χ4n) is 4.41. The lowest BCUT2D eigenvalue weighted by Crippen LogP contribution is -2.60. The standard InChI is InChI=1S/C26H47N3O4/c1-11-33-25(32)19(6)16-21(17(2)3)28(10)24(31)22(26(7,8)9)27-23(30)20-14-12-13-15-29(20)18(4)5/h16-18,20-22H,11-15H2,1-10H3,(H,27,30)/t20-,21-,22-/m0/s1. The van der Waals surface area contributed by atoms with Gasteiger partial charge in [0.25, 0.3) is 0 Å². The third-order valence-electron chi connectivity index (χ3n) is 6.41. The number of ether oxygens (including phenoxy) is 1. The van der Waals surface area contributed by atoms with E-state index in [1.807, 2.05) is 34.6 Å². The molecule has 0 radical (unpaired) electrons. The van der Waals surface area contributed by atoms with Crippen molar-refractivity contribution < 1.29 is 19.1 Å². The molecule has 1 saturated heterocycles. The second-order valence-corrected chi connectivity index (χ2v) is 10.9. The molecule has 7 heteroatoms. The minimum absolute atomic E-state index is 0.0782. The highest BCUT2D eigenvalue weighted by Crippen LogP contribution is 2.26. The van der Waals surface area contributed by atoms with Gasteiger partial charge < -0.3 is 15.0 Å². The minimum atomic E-state index is -0.677. The lowest BCUT2D eigenvalue weighted by atomic mass is 9.84. The van der Waals surface area contributed by atoms with Crippen LogP contribution in [0.3, 0.4) is 0 Å². The number of nitrogens with zero attached hydrogens (tertiary/aromatic N) is 2. The van der Waals surface area contributed by atoms with Gasteiger partial charge in [0.1, 0.15) is 6.04 Å². The van der Waals surface area contributed by atoms with Crippen molar-refractivity contribution in [3.63, 3.8) is 0 Å². The number of likely N-dealkylation sites (tertiary alicyclic amines) is 1. The van der Waals surface area contributed by atoms with Crippen molar-refractivity contribution >= 4 is 17.8 Å². The maximum absolute atomic E-state index is 13.7. The van der Waals surface area contributed by atoms with E-state index in [9.17, 15) is 14.4 Å². The highest BCUT2D eigenvalue weighted by atomic mass is 16.5. The number of carbonyl (C=O) groups is 3. The molecule has 0 bridgehead atoms. The average Bonchev–Trinajstić information content (AvgIpc) is 2.73. The predicted octanol–water partition coefficient (Wildman–Crippen LogP) is 3.77. The van der Waals surface area contributed by atoms with E-state index in [0.29, 0.717) is 12.2 Å². The van der Waals surface area contributed by atoms with Gasteiger partial charge in [-0.25, -0.2) is 4.79 Å². The molecule has 1 fully saturated rings. The number of hydrogen-bond donors (Lipinski definition) is 1. The van der Waals surface area contributed by atoms with Crippen LogP contribution in [0.5, 0.6) is 0 Å². The van der Waals surface area contributed by atoms with Crippen LogP contribution in [0.1, 0.15) is 81.6 Å². The van der Waals surface area contributed by atoms with Crippen LogP contribution in [-0.2, 0) is 19.1 Å². The summed E-state index contributed by atoms with van der Waals surface area (Å²) < 4.78 is 5.10. The molecule has 1 rings (SSSR count). The lowest BCUT2D eigenvalue weighted by Gasteiger charge is -2.41. The number of likely N-dealkylation sites (N-methyl/N-ethyl adjacent to an activating group) is 1. The second kappa shape index (κ2) is 12.5. The summed E-state index contributed by atoms with van der Waals surface area (Å²) in [5, 5.41) is 3.10. The molecular formula is C26H47N3O4. The Hall–Kier alpha value is -1.89. The second-order valence-electron chi connectivity index (χ2n) is 10.9. The van der Waals surface area contributed by atoms with Crippen LogP contribution < -0.4 is 5.32 Å². The van der Waals surface area contributed by atoms with Crippen molar-refractivity contribution in [2.45, 2.75) is 106 Å². The number of esters is 1. The molecule has 1 N–H and O–H groups in total. The highest BCUT2D eigenvalue weighted by molar-refractivity contribution is 5.91. The smallest absolute Gasteiger partial charge is 0.333 e. The Morgan fingerprint density at radius 3 is 2.24 bits per heavy atom. The molecular weight excluding hydrogens is 418 g/mol. The first-order chi connectivity index (χ1) is 15.2. The SMILES string of the molecule is CCOC(=O)C(C)=C[C@@H](C(C)C)N(C)C(=O)[C@H](NC(=O)[C@@H]1CCCCN1C(C)C)C(C)(C)C. The van der Waals surface area contributed by atoms with Gasteiger partial charge >= 0.3 is 5.97 Å². The van der Waals surface area contributed by atoms with Crippen molar-refractivity contribution in [3.05, 3.63) is 11.6 Å². The Kier molecular flexibility index (Phi) is 11.1. The summed E-state index contributed by atoms with van der Waals surface area (Å²) in [6.07, 6.45) is 4.71. The van der Waals surface area contributed by atoms with Gasteiger partial charge in [0.2, 0.25) is 11.8 Å². The van der Waals surface area contributed by atoms with E-state index in [-0.39, 0.29) is 41.8 Å². The third-order valence-corrected chi connectivity index (χ3v) is 6.41. The average molecular weight is 466 g/mol. The van der Waals surface area contributed by atoms with Gasteiger partial charge in [-0.15, -0.1) is 0 Å². The molecule has 1 heterocycles. The molecule has 0 spiro atoms. The zero-order valence-electron chi connectivity index (χ0n) is 22.5. The van der Waals surface area contributed by atoms with E-state index < -0.39 is 11.5 Å². The maximum atomic E-state index is 13.7. The van der Waals surface area contributed by atoms with Crippen molar-refractivity contribution in [2.75, 3.05) is 20.2 Å². The molecule has 7 nitrogen and oxygen atoms in total. The Morgan fingerprint density at radius 1 is 1.15 bits per heavy atom. The first-order valence-corrected chi connectivity index (χ1v) is 12.4. The number of hydrogen-bond acceptors (Lipinski definition) is 5. The zero-order valence-corrected chi connectivity index (χ0v) is 22.5. The largest absolute Gasteiger partial charge is 0.463 e. The monoisotopic (exact) mass is 465 g/mol. The molecule has 3 atom stereocenters. The topological polar surface area (TPSA) is 79.0 Å². The fraction of sp³-hybridized carbons (Fsp3) is 0.808. The van der Waals surface area contributed by atoms with Crippen LogP contribution in [-0.4, -0.2) is 72.0 Å². The Morgan fingerprint density at radius 2 is 1.76 bits per heavy atom. The summed E-state index contributed by atoms with van der Waals surface area (Å²) in [6, 6.07) is -0.920. The molecule has 2 amide bonds. The number of amides is 2. The molecule has 0 aliphatic carbocycles. The predicted molar refractivity (Wildman–Crippen MR) is 133 cm³/mol. The number of carbonyl (C=O) groups excluding carboxylic acids is 3. The van der Waals surface area contributed by atoms with Crippen molar-refractivity contribution in [1.29, 1.82) is 0 Å². The molecule has 0 unspecified atom stereocenters. The van der Waals surface area contributed by atoms with Crippen LogP contribution in [0, 0.1) is 11.3 Å². The summed E-state index contributed by atoms with van der Waals surface area (Å²) in [6.45, 7) is 18.8. The van der Waals surface area contributed by atoms with Crippen LogP contribution in [0.2, 0.25) is 0 Å². The molecule has 190 valence electrons. The van der Waals surface area contributed by atoms with E-state index in [4.69, 9.17) is 4.74 Å². The van der Waals surface area contributed by atoms with Gasteiger partial charge in [-0.3, -0.25) is 14.5 Å². The quantitative estimate of drug-likeness (QED) is 0.414. The number of nitrogens with one attached hydrogen (secondary N) is 1. The molecule has 0 aromatic carbocycles. The van der Waals surface area contributed by atoms with E-state index >= 15 is 0 Å². The summed E-state index contributed by atoms with van der Waals surface area (Å²) in [5.74, 6) is -0.538. The summed E-state index contributed by atoms with van der Waals surface area (Å²) in [7, 11) is 1.74. The van der Waals surface area contributed by atoms with E-state index in [2.05, 4.69) is 24.1 Å². The first kappa shape index (κ1) is 29.1. The number of piperidine rings is 1. The molecule has 0 aromatic rings. The van der Waals surface area contributed by atoms with Crippen molar-refractivity contribution in [3.8, 4) is 0 Å². The fourth-order valence-corrected chi connectivity index (χ4v) is 4.41. The summed E-state index contributed by atoms with van der Waals surface area (Å²) in [4.78, 5) is 43.1. The molecule has 0 saturated carbocycles. The summed E-state index contributed by atoms with van der Waals surface area (Å²) in [5.41, 5.74) is 0.000989. The van der Waals surface area contributed by atoms with Gasteiger partial charge in [-0.1, -0.05) is 47.1 Å². The molecule has 33 heavy (non-hydrogen) atoms. The van der Waals surface area contributed by atoms with Crippen LogP contribution in [0.25, 0.3) is 0 Å². The van der Waals surface area contributed by atoms with Gasteiger partial charge in [0.05, 0.1) is 18.7 Å². The molecule has 1 aliphatic rings. The van der Waals surface area contributed by atoms with Crippen molar-refractivity contribution in [2.24, 2.45) is 11.3 Å². The van der Waals surface area contributed by atoms with Crippen LogP contribution in [0.15, 0.2) is 11.6 Å². The van der Waals surface area contributed by atoms with Crippen LogP contribution >= 0.6 is 0 Å². The Balaban J connectivity index is 3.15. The zero-order chi connectivity index (χ0) is 25.5. The Labute approximate surface area is 201 Å². The van der Waals surface area contributed by atoms with E-state index in [1.54, 1.807) is 31.9 Å². The maximum Gasteiger partial charge on any atom is 0.333 e. The van der Waals surface area contributed by atoms with Gasteiger partial charge in [0, 0.05) is 18.7 Å². The minimum Gasteiger partial charge on any atom is -0.463 e. The van der Waals surface area contributed by atoms with Crippen molar-refractivity contribution in [1.82, 2.24) is 15.1 Å². The van der Waals surface area contributed by atoms with Gasteiger partial charge in [0.15, 0.2) is 0 Å². The highest BCUT2D eigenvalue weighted by Gasteiger charge is 2.39. The number of rotatable bonds is 9.